The number of anilines is 1. The van der Waals surface area contributed by atoms with Crippen LogP contribution in [0.25, 0.3) is 0 Å². The van der Waals surface area contributed by atoms with Gasteiger partial charge in [-0.3, -0.25) is 14.4 Å². The third-order valence-corrected chi connectivity index (χ3v) is 6.06. The normalized spacial score (nSPS) is 14.6. The zero-order valence-corrected chi connectivity index (χ0v) is 20.1. The van der Waals surface area contributed by atoms with Gasteiger partial charge in [-0.05, 0) is 37.8 Å². The molecule has 34 heavy (non-hydrogen) atoms. The monoisotopic (exact) mass is 470 g/mol. The van der Waals surface area contributed by atoms with Crippen LogP contribution in [0.2, 0.25) is 0 Å². The largest absolute Gasteiger partial charge is 0.383 e. The van der Waals surface area contributed by atoms with Gasteiger partial charge in [0.1, 0.15) is 11.8 Å². The zero-order valence-electron chi connectivity index (χ0n) is 20.1. The molecule has 0 saturated heterocycles. The summed E-state index contributed by atoms with van der Waals surface area (Å²) in [4.78, 5) is 40.7. The number of rotatable bonds is 11. The van der Waals surface area contributed by atoms with Crippen LogP contribution >= 0.6 is 0 Å². The van der Waals surface area contributed by atoms with Crippen molar-refractivity contribution in [2.45, 2.75) is 64.5 Å². The van der Waals surface area contributed by atoms with E-state index in [0.29, 0.717) is 11.6 Å². The molecule has 1 aliphatic carbocycles. The smallest absolute Gasteiger partial charge is 0.247 e. The Morgan fingerprint density at radius 2 is 1.91 bits per heavy atom. The summed E-state index contributed by atoms with van der Waals surface area (Å²) in [5.74, 6) is 0.0362. The number of nitrogens with one attached hydrogen (secondary N) is 2. The molecule has 1 heterocycles. The molecule has 3 rings (SSSR count). The first-order valence-corrected chi connectivity index (χ1v) is 11.8. The van der Waals surface area contributed by atoms with Crippen LogP contribution < -0.4 is 10.6 Å². The Bertz CT molecular complexity index is 983. The second-order valence-electron chi connectivity index (χ2n) is 8.70. The molecule has 2 N–H and O–H groups in total. The lowest BCUT2D eigenvalue weighted by atomic mass is 9.98. The number of amides is 3. The highest BCUT2D eigenvalue weighted by Crippen LogP contribution is 2.27. The molecule has 1 saturated carbocycles. The average Bonchev–Trinajstić information content (AvgIpc) is 3.47. The van der Waals surface area contributed by atoms with Gasteiger partial charge in [0.25, 0.3) is 0 Å². The molecule has 0 spiro atoms. The van der Waals surface area contributed by atoms with Crippen molar-refractivity contribution in [3.8, 4) is 0 Å². The summed E-state index contributed by atoms with van der Waals surface area (Å²) >= 11 is 0. The van der Waals surface area contributed by atoms with Gasteiger partial charge in [-0.2, -0.15) is 0 Å². The Morgan fingerprint density at radius 3 is 2.56 bits per heavy atom. The highest BCUT2D eigenvalue weighted by Gasteiger charge is 2.33. The molecule has 0 unspecified atom stereocenters. The molecule has 1 fully saturated rings. The van der Waals surface area contributed by atoms with Gasteiger partial charge < -0.3 is 24.8 Å². The van der Waals surface area contributed by atoms with Crippen molar-refractivity contribution in [3.05, 3.63) is 47.2 Å². The van der Waals surface area contributed by atoms with Crippen LogP contribution in [-0.4, -0.2) is 54.1 Å². The van der Waals surface area contributed by atoms with Crippen molar-refractivity contribution in [1.29, 1.82) is 0 Å². The van der Waals surface area contributed by atoms with Gasteiger partial charge in [0.15, 0.2) is 5.82 Å². The maximum atomic E-state index is 13.5. The molecule has 3 amide bonds. The number of carbonyl (C=O) groups excluding carboxylic acids is 3. The van der Waals surface area contributed by atoms with E-state index in [9.17, 15) is 14.4 Å². The summed E-state index contributed by atoms with van der Waals surface area (Å²) in [6, 6.07) is 8.50. The predicted octanol–water partition coefficient (Wildman–Crippen LogP) is 3.29. The summed E-state index contributed by atoms with van der Waals surface area (Å²) in [7, 11) is 1.55. The summed E-state index contributed by atoms with van der Waals surface area (Å²) in [5, 5.41) is 9.50. The number of aromatic nitrogens is 1. The molecule has 184 valence electrons. The van der Waals surface area contributed by atoms with Crippen molar-refractivity contribution < 1.29 is 23.6 Å². The molecule has 2 aromatic rings. The van der Waals surface area contributed by atoms with E-state index in [0.717, 1.165) is 36.8 Å². The number of nitrogens with zero attached hydrogens (tertiary/aromatic N) is 2. The number of aryl methyl sites for hydroxylation is 2. The maximum absolute atomic E-state index is 13.5. The van der Waals surface area contributed by atoms with Crippen molar-refractivity contribution in [3.63, 3.8) is 0 Å². The number of ether oxygens (including phenoxy) is 1. The first-order valence-electron chi connectivity index (χ1n) is 11.8. The summed E-state index contributed by atoms with van der Waals surface area (Å²) in [6.45, 7) is 4.16. The van der Waals surface area contributed by atoms with E-state index < -0.39 is 6.04 Å². The molecule has 0 aliphatic heterocycles. The molecular formula is C25H34N4O5. The van der Waals surface area contributed by atoms with Crippen molar-refractivity contribution >= 4 is 23.5 Å². The highest BCUT2D eigenvalue weighted by molar-refractivity contribution is 5.94. The first-order chi connectivity index (χ1) is 16.4. The average molecular weight is 471 g/mol. The maximum Gasteiger partial charge on any atom is 0.247 e. The van der Waals surface area contributed by atoms with E-state index in [2.05, 4.69) is 15.8 Å². The lowest BCUT2D eigenvalue weighted by Crippen LogP contribution is -2.47. The van der Waals surface area contributed by atoms with E-state index in [1.807, 2.05) is 31.2 Å². The minimum Gasteiger partial charge on any atom is -0.383 e. The lowest BCUT2D eigenvalue weighted by molar-refractivity contribution is -0.142. The molecule has 1 aromatic heterocycles. The van der Waals surface area contributed by atoms with Gasteiger partial charge >= 0.3 is 0 Å². The fourth-order valence-corrected chi connectivity index (χ4v) is 4.28. The molecule has 1 aromatic carbocycles. The summed E-state index contributed by atoms with van der Waals surface area (Å²) < 4.78 is 10.2. The number of benzene rings is 1. The van der Waals surface area contributed by atoms with Crippen LogP contribution in [0.15, 0.2) is 34.9 Å². The van der Waals surface area contributed by atoms with Crippen LogP contribution in [-0.2, 0) is 19.1 Å². The highest BCUT2D eigenvalue weighted by atomic mass is 16.5. The standard InChI is InChI=1S/C25H34N4O5/c1-17-8-4-7-11-20(17)24(25(32)26-19-9-5-6-10-19)29(14-15-33-3)23(31)13-12-22(30)27-21-16-18(2)34-28-21/h4,7-8,11,16,19,24H,5-6,9-10,12-15H2,1-3H3,(H,26,32)(H,27,28,30)/t24-/m0/s1. The Hall–Kier alpha value is -3.20. The molecule has 9 nitrogen and oxygen atoms in total. The Morgan fingerprint density at radius 1 is 1.18 bits per heavy atom. The van der Waals surface area contributed by atoms with E-state index in [-0.39, 0.29) is 49.8 Å². The minimum atomic E-state index is -0.800. The second-order valence-corrected chi connectivity index (χ2v) is 8.70. The fraction of sp³-hybridized carbons (Fsp3) is 0.520. The molecular weight excluding hydrogens is 436 g/mol. The van der Waals surface area contributed by atoms with Gasteiger partial charge in [-0.1, -0.05) is 42.3 Å². The number of hydrogen-bond acceptors (Lipinski definition) is 6. The molecule has 9 heteroatoms. The third-order valence-electron chi connectivity index (χ3n) is 6.06. The van der Waals surface area contributed by atoms with Crippen LogP contribution in [0.5, 0.6) is 0 Å². The lowest BCUT2D eigenvalue weighted by Gasteiger charge is -2.33. The van der Waals surface area contributed by atoms with Gasteiger partial charge in [0, 0.05) is 38.6 Å². The van der Waals surface area contributed by atoms with Crippen LogP contribution in [0.4, 0.5) is 5.82 Å². The second kappa shape index (κ2) is 12.3. The van der Waals surface area contributed by atoms with Crippen molar-refractivity contribution in [2.75, 3.05) is 25.6 Å². The van der Waals surface area contributed by atoms with Gasteiger partial charge in [0.2, 0.25) is 17.7 Å². The topological polar surface area (TPSA) is 114 Å². The number of methoxy groups -OCH3 is 1. The SMILES string of the molecule is COCCN(C(=O)CCC(=O)Nc1cc(C)on1)[C@H](C(=O)NC1CCCC1)c1ccccc1C. The van der Waals surface area contributed by atoms with E-state index in [4.69, 9.17) is 9.26 Å². The number of carbonyl (C=O) groups is 3. The van der Waals surface area contributed by atoms with Crippen LogP contribution in [0.1, 0.15) is 61.5 Å². The first kappa shape index (κ1) is 25.4. The number of hydrogen-bond donors (Lipinski definition) is 2. The summed E-state index contributed by atoms with van der Waals surface area (Å²) in [6.07, 6.45) is 3.98. The van der Waals surface area contributed by atoms with Crippen molar-refractivity contribution in [1.82, 2.24) is 15.4 Å². The minimum absolute atomic E-state index is 0.0427. The fourth-order valence-electron chi connectivity index (χ4n) is 4.28. The van der Waals surface area contributed by atoms with E-state index in [1.54, 1.807) is 20.1 Å². The Kier molecular flexibility index (Phi) is 9.21. The van der Waals surface area contributed by atoms with Crippen LogP contribution in [0, 0.1) is 13.8 Å². The third kappa shape index (κ3) is 6.90. The van der Waals surface area contributed by atoms with Gasteiger partial charge in [-0.25, -0.2) is 0 Å². The van der Waals surface area contributed by atoms with E-state index >= 15 is 0 Å². The predicted molar refractivity (Wildman–Crippen MR) is 127 cm³/mol. The Balaban J connectivity index is 1.77. The Labute approximate surface area is 200 Å². The summed E-state index contributed by atoms with van der Waals surface area (Å²) in [5.41, 5.74) is 1.69. The quantitative estimate of drug-likeness (QED) is 0.521. The molecule has 0 bridgehead atoms. The van der Waals surface area contributed by atoms with Gasteiger partial charge in [0.05, 0.1) is 6.61 Å². The van der Waals surface area contributed by atoms with E-state index in [1.165, 1.54) is 4.90 Å². The molecule has 1 atom stereocenters. The molecule has 0 radical (unpaired) electrons. The molecule has 1 aliphatic rings. The zero-order chi connectivity index (χ0) is 24.5. The van der Waals surface area contributed by atoms with Crippen molar-refractivity contribution in [2.24, 2.45) is 0 Å². The van der Waals surface area contributed by atoms with Gasteiger partial charge in [-0.15, -0.1) is 0 Å². The van der Waals surface area contributed by atoms with Crippen LogP contribution in [0.3, 0.4) is 0 Å².